The lowest BCUT2D eigenvalue weighted by molar-refractivity contribution is -0.131. The summed E-state index contributed by atoms with van der Waals surface area (Å²) in [4.78, 5) is 24.1. The van der Waals surface area contributed by atoms with Crippen LogP contribution in [-0.2, 0) is 18.7 Å². The highest BCUT2D eigenvalue weighted by Gasteiger charge is 2.33. The van der Waals surface area contributed by atoms with Gasteiger partial charge in [0, 0.05) is 11.1 Å². The number of hydrogen-bond acceptors (Lipinski definition) is 8. The molecule has 0 saturated carbocycles. The average molecular weight is 517 g/mol. The van der Waals surface area contributed by atoms with Crippen molar-refractivity contribution in [3.05, 3.63) is 72.8 Å². The first kappa shape index (κ1) is 28.9. The Morgan fingerprint density at radius 3 is 1.56 bits per heavy atom. The molecule has 0 spiro atoms. The van der Waals surface area contributed by atoms with E-state index < -0.39 is 19.8 Å². The third-order valence-corrected chi connectivity index (χ3v) is 6.06. The molecule has 0 N–H and O–H groups in total. The number of ether oxygens (including phenoxy) is 2. The van der Waals surface area contributed by atoms with Crippen LogP contribution >= 0.6 is 7.82 Å². The second kappa shape index (κ2) is 14.3. The maximum absolute atomic E-state index is 13.8. The van der Waals surface area contributed by atoms with E-state index in [1.165, 1.54) is 38.1 Å². The van der Waals surface area contributed by atoms with Crippen LogP contribution in [-0.4, -0.2) is 18.5 Å². The van der Waals surface area contributed by atoms with E-state index in [9.17, 15) is 14.2 Å². The molecule has 0 unspecified atom stereocenters. The highest BCUT2D eigenvalue weighted by Crippen LogP contribution is 2.53. The first-order chi connectivity index (χ1) is 17.1. The normalized spacial score (nSPS) is 10.9. The minimum Gasteiger partial charge on any atom is -0.419 e. The molecule has 0 aliphatic heterocycles. The van der Waals surface area contributed by atoms with Crippen LogP contribution in [0.3, 0.4) is 0 Å². The van der Waals surface area contributed by atoms with Gasteiger partial charge in [0.05, 0.1) is 6.61 Å². The van der Waals surface area contributed by atoms with Crippen LogP contribution in [0.15, 0.2) is 72.8 Å². The summed E-state index contributed by atoms with van der Waals surface area (Å²) in [6.45, 7) is 12.3. The van der Waals surface area contributed by atoms with Crippen molar-refractivity contribution in [3.8, 4) is 23.0 Å². The number of carbonyl (C=O) groups excluding carboxylic acids is 2. The summed E-state index contributed by atoms with van der Waals surface area (Å²) < 4.78 is 41.4. The highest BCUT2D eigenvalue weighted by atomic mass is 31.2. The molecule has 0 fully saturated rings. The Morgan fingerprint density at radius 1 is 0.722 bits per heavy atom. The minimum absolute atomic E-state index is 0.0165. The first-order valence-corrected chi connectivity index (χ1v) is 13.2. The fraction of sp³-hybridized carbons (Fsp3) is 0.333. The molecule has 0 aromatic heterocycles. The molecule has 0 aliphatic carbocycles. The van der Waals surface area contributed by atoms with E-state index in [4.69, 9.17) is 23.0 Å². The predicted molar refractivity (Wildman–Crippen MR) is 137 cm³/mol. The summed E-state index contributed by atoms with van der Waals surface area (Å²) in [5, 5.41) is 0. The molecule has 8 nitrogen and oxygen atoms in total. The highest BCUT2D eigenvalue weighted by molar-refractivity contribution is 7.49. The molecule has 0 saturated heterocycles. The quantitative estimate of drug-likeness (QED) is 0.0806. The fourth-order valence-electron chi connectivity index (χ4n) is 2.79. The lowest BCUT2D eigenvalue weighted by Crippen LogP contribution is -2.12. The van der Waals surface area contributed by atoms with Crippen LogP contribution in [0.5, 0.6) is 23.0 Å². The molecule has 2 aromatic rings. The molecule has 2 aromatic carbocycles. The molecule has 0 amide bonds. The molecule has 0 radical (unpaired) electrons. The van der Waals surface area contributed by atoms with Gasteiger partial charge in [-0.3, -0.25) is 4.52 Å². The third-order valence-electron chi connectivity index (χ3n) is 4.72. The van der Waals surface area contributed by atoms with E-state index in [1.54, 1.807) is 24.3 Å². The van der Waals surface area contributed by atoms with Crippen molar-refractivity contribution >= 4 is 19.8 Å². The smallest absolute Gasteiger partial charge is 0.419 e. The van der Waals surface area contributed by atoms with Crippen molar-refractivity contribution in [1.29, 1.82) is 0 Å². The Bertz CT molecular complexity index is 1050. The van der Waals surface area contributed by atoms with Gasteiger partial charge in [-0.15, -0.1) is 0 Å². The van der Waals surface area contributed by atoms with Gasteiger partial charge in [-0.2, -0.15) is 0 Å². The molecule has 9 heteroatoms. The van der Waals surface area contributed by atoms with E-state index >= 15 is 0 Å². The first-order valence-electron chi connectivity index (χ1n) is 11.7. The van der Waals surface area contributed by atoms with Crippen LogP contribution in [0, 0.1) is 0 Å². The summed E-state index contributed by atoms with van der Waals surface area (Å²) in [6, 6.07) is 12.4. The summed E-state index contributed by atoms with van der Waals surface area (Å²) >= 11 is 0. The van der Waals surface area contributed by atoms with E-state index in [-0.39, 0.29) is 40.8 Å². The van der Waals surface area contributed by atoms with Gasteiger partial charge in [-0.25, -0.2) is 14.2 Å². The maximum Gasteiger partial charge on any atom is 0.587 e. The summed E-state index contributed by atoms with van der Waals surface area (Å²) in [6.07, 6.45) is 4.71. The number of hydrogen-bond donors (Lipinski definition) is 0. The van der Waals surface area contributed by atoms with E-state index in [1.807, 2.05) is 0 Å². The Balaban J connectivity index is 2.31. The van der Waals surface area contributed by atoms with Gasteiger partial charge in [-0.05, 0) is 44.5 Å². The zero-order valence-corrected chi connectivity index (χ0v) is 21.9. The van der Waals surface area contributed by atoms with Crippen LogP contribution in [0.1, 0.15) is 52.9 Å². The Kier molecular flexibility index (Phi) is 11.4. The number of carbonyl (C=O) groups is 2. The summed E-state index contributed by atoms with van der Waals surface area (Å²) in [5.74, 6) is -1.37. The fourth-order valence-corrected chi connectivity index (χ4v) is 4.07. The van der Waals surface area contributed by atoms with E-state index in [0.717, 1.165) is 25.7 Å². The SMILES string of the molecule is C=C(C)C(=O)Oc1ccccc1OP(=O)(OCCCCCCC)Oc1ccccc1OC(=O)C(=C)C. The molecular formula is C27H33O8P. The predicted octanol–water partition coefficient (Wildman–Crippen LogP) is 7.20. The Hall–Kier alpha value is -3.35. The molecule has 0 heterocycles. The lowest BCUT2D eigenvalue weighted by atomic mass is 10.2. The number of esters is 2. The van der Waals surface area contributed by atoms with Gasteiger partial charge in [0.15, 0.2) is 23.0 Å². The largest absolute Gasteiger partial charge is 0.587 e. The van der Waals surface area contributed by atoms with Crippen molar-refractivity contribution in [2.75, 3.05) is 6.61 Å². The second-order valence-electron chi connectivity index (χ2n) is 8.11. The Morgan fingerprint density at radius 2 is 1.14 bits per heavy atom. The van der Waals surface area contributed by atoms with Crippen LogP contribution in [0.2, 0.25) is 0 Å². The molecule has 2 rings (SSSR count). The maximum atomic E-state index is 13.8. The van der Waals surface area contributed by atoms with Gasteiger partial charge >= 0.3 is 19.8 Å². The standard InChI is InChI=1S/C27H33O8P/c1-6-7-8-9-14-19-31-36(30,34-24-17-12-10-15-22(24)32-26(28)20(2)3)35-25-18-13-11-16-23(25)33-27(29)21(4)5/h10-13,15-18H,2,4,6-9,14,19H2,1,3,5H3. The topological polar surface area (TPSA) is 97.4 Å². The lowest BCUT2D eigenvalue weighted by Gasteiger charge is -2.21. The molecule has 0 aliphatic rings. The van der Waals surface area contributed by atoms with Gasteiger partial charge < -0.3 is 18.5 Å². The zero-order valence-electron chi connectivity index (χ0n) is 21.0. The van der Waals surface area contributed by atoms with E-state index in [2.05, 4.69) is 20.1 Å². The number of unbranched alkanes of at least 4 members (excludes halogenated alkanes) is 4. The van der Waals surface area contributed by atoms with Gasteiger partial charge in [0.25, 0.3) is 0 Å². The van der Waals surface area contributed by atoms with Gasteiger partial charge in [0.2, 0.25) is 0 Å². The zero-order chi connectivity index (χ0) is 26.6. The molecular weight excluding hydrogens is 483 g/mol. The number of phosphoric ester groups is 1. The van der Waals surface area contributed by atoms with E-state index in [0.29, 0.717) is 6.42 Å². The Labute approximate surface area is 212 Å². The number of rotatable bonds is 15. The number of benzene rings is 2. The van der Waals surface area contributed by atoms with Crippen LogP contribution in [0.25, 0.3) is 0 Å². The van der Waals surface area contributed by atoms with Crippen LogP contribution < -0.4 is 18.5 Å². The van der Waals surface area contributed by atoms with Gasteiger partial charge in [0.1, 0.15) is 0 Å². The number of phosphoric acid groups is 1. The third kappa shape index (κ3) is 9.36. The summed E-state index contributed by atoms with van der Waals surface area (Å²) in [7, 11) is -4.33. The van der Waals surface area contributed by atoms with Crippen molar-refractivity contribution in [2.24, 2.45) is 0 Å². The minimum atomic E-state index is -4.33. The van der Waals surface area contributed by atoms with Crippen molar-refractivity contribution in [1.82, 2.24) is 0 Å². The van der Waals surface area contributed by atoms with Crippen LogP contribution in [0.4, 0.5) is 0 Å². The molecule has 194 valence electrons. The second-order valence-corrected chi connectivity index (χ2v) is 9.63. The summed E-state index contributed by atoms with van der Waals surface area (Å²) in [5.41, 5.74) is 0.363. The molecule has 0 bridgehead atoms. The number of para-hydroxylation sites is 4. The van der Waals surface area contributed by atoms with Crippen molar-refractivity contribution in [3.63, 3.8) is 0 Å². The molecule has 0 atom stereocenters. The van der Waals surface area contributed by atoms with Crippen molar-refractivity contribution < 1.29 is 37.2 Å². The van der Waals surface area contributed by atoms with Crippen molar-refractivity contribution in [2.45, 2.75) is 52.9 Å². The monoisotopic (exact) mass is 516 g/mol. The molecule has 36 heavy (non-hydrogen) atoms. The average Bonchev–Trinajstić information content (AvgIpc) is 2.83. The van der Waals surface area contributed by atoms with Gasteiger partial charge in [-0.1, -0.05) is 70.0 Å².